The van der Waals surface area contributed by atoms with E-state index < -0.39 is 0 Å². The first-order chi connectivity index (χ1) is 11.5. The molecule has 0 saturated heterocycles. The van der Waals surface area contributed by atoms with Crippen molar-refractivity contribution in [3.8, 4) is 6.07 Å². The molecule has 0 spiro atoms. The summed E-state index contributed by atoms with van der Waals surface area (Å²) in [5.74, 6) is -0.128. The second-order valence-electron chi connectivity index (χ2n) is 5.40. The van der Waals surface area contributed by atoms with Crippen molar-refractivity contribution in [2.75, 3.05) is 11.9 Å². The largest absolute Gasteiger partial charge is 0.320 e. The van der Waals surface area contributed by atoms with E-state index in [1.807, 2.05) is 19.1 Å². The quantitative estimate of drug-likeness (QED) is 0.746. The number of amides is 1. The SMILES string of the molecule is C=CC[NH+](Cc1ccc(Cl)s1)[C@H](C)C(=O)Nc1ccccc1C#N. The van der Waals surface area contributed by atoms with Gasteiger partial charge in [0.2, 0.25) is 0 Å². The van der Waals surface area contributed by atoms with E-state index >= 15 is 0 Å². The van der Waals surface area contributed by atoms with Gasteiger partial charge in [-0.15, -0.1) is 11.3 Å². The van der Waals surface area contributed by atoms with E-state index in [1.54, 1.807) is 30.3 Å². The van der Waals surface area contributed by atoms with Crippen molar-refractivity contribution in [3.63, 3.8) is 0 Å². The molecule has 0 fully saturated rings. The number of carbonyl (C=O) groups is 1. The number of nitriles is 1. The van der Waals surface area contributed by atoms with Gasteiger partial charge in [-0.25, -0.2) is 0 Å². The number of nitrogens with one attached hydrogen (secondary N) is 2. The van der Waals surface area contributed by atoms with Crippen molar-refractivity contribution < 1.29 is 9.69 Å². The molecule has 1 unspecified atom stereocenters. The third-order valence-electron chi connectivity index (χ3n) is 3.75. The minimum absolute atomic E-state index is 0.128. The fourth-order valence-electron chi connectivity index (χ4n) is 2.37. The molecule has 0 aliphatic heterocycles. The fourth-order valence-corrected chi connectivity index (χ4v) is 3.51. The highest BCUT2D eigenvalue weighted by molar-refractivity contribution is 7.16. The highest BCUT2D eigenvalue weighted by atomic mass is 35.5. The highest BCUT2D eigenvalue weighted by Crippen LogP contribution is 2.20. The zero-order chi connectivity index (χ0) is 17.5. The van der Waals surface area contributed by atoms with Gasteiger partial charge in [-0.1, -0.05) is 30.3 Å². The molecule has 2 rings (SSSR count). The number of hydrogen-bond acceptors (Lipinski definition) is 3. The summed E-state index contributed by atoms with van der Waals surface area (Å²) < 4.78 is 0.739. The van der Waals surface area contributed by atoms with Crippen molar-refractivity contribution in [2.24, 2.45) is 0 Å². The lowest BCUT2D eigenvalue weighted by atomic mass is 10.1. The number of quaternary nitrogens is 1. The van der Waals surface area contributed by atoms with E-state index in [1.165, 1.54) is 11.3 Å². The van der Waals surface area contributed by atoms with Gasteiger partial charge in [0.1, 0.15) is 12.6 Å². The van der Waals surface area contributed by atoms with Crippen LogP contribution in [0.2, 0.25) is 4.34 Å². The number of benzene rings is 1. The minimum atomic E-state index is -0.296. The van der Waals surface area contributed by atoms with Gasteiger partial charge < -0.3 is 10.2 Å². The van der Waals surface area contributed by atoms with Crippen molar-refractivity contribution in [1.82, 2.24) is 0 Å². The molecule has 0 bridgehead atoms. The summed E-state index contributed by atoms with van der Waals surface area (Å²) in [6.45, 7) is 7.00. The summed E-state index contributed by atoms with van der Waals surface area (Å²) >= 11 is 7.50. The van der Waals surface area contributed by atoms with Gasteiger partial charge in [0, 0.05) is 0 Å². The topological polar surface area (TPSA) is 57.3 Å². The Kier molecular flexibility index (Phi) is 6.56. The normalized spacial score (nSPS) is 12.9. The van der Waals surface area contributed by atoms with E-state index in [0.717, 1.165) is 14.1 Å². The van der Waals surface area contributed by atoms with E-state index in [4.69, 9.17) is 16.9 Å². The first-order valence-electron chi connectivity index (χ1n) is 7.54. The van der Waals surface area contributed by atoms with Gasteiger partial charge in [-0.05, 0) is 37.3 Å². The molecule has 2 aromatic rings. The molecule has 24 heavy (non-hydrogen) atoms. The lowest BCUT2D eigenvalue weighted by Crippen LogP contribution is -3.15. The second kappa shape index (κ2) is 8.65. The molecule has 4 nitrogen and oxygen atoms in total. The maximum absolute atomic E-state index is 12.6. The standard InChI is InChI=1S/C18H18ClN3OS/c1-3-10-22(12-15-8-9-17(19)24-15)13(2)18(23)21-16-7-5-4-6-14(16)11-20/h3-9,13H,1,10,12H2,2H3,(H,21,23)/p+1/t13-/m1/s1. The molecule has 0 aliphatic rings. The van der Waals surface area contributed by atoms with Crippen LogP contribution < -0.4 is 10.2 Å². The molecule has 2 atom stereocenters. The van der Waals surface area contributed by atoms with Crippen LogP contribution in [0.1, 0.15) is 17.4 Å². The third-order valence-corrected chi connectivity index (χ3v) is 4.98. The molecule has 0 aliphatic carbocycles. The van der Waals surface area contributed by atoms with Crippen LogP contribution in [0, 0.1) is 11.3 Å². The summed E-state index contributed by atoms with van der Waals surface area (Å²) in [4.78, 5) is 14.8. The van der Waals surface area contributed by atoms with E-state index in [0.29, 0.717) is 24.3 Å². The highest BCUT2D eigenvalue weighted by Gasteiger charge is 2.25. The average Bonchev–Trinajstić information content (AvgIpc) is 2.99. The molecular formula is C18H19ClN3OS+. The van der Waals surface area contributed by atoms with Crippen LogP contribution in [0.4, 0.5) is 5.69 Å². The summed E-state index contributed by atoms with van der Waals surface area (Å²) in [5, 5.41) is 12.0. The number of para-hydroxylation sites is 1. The van der Waals surface area contributed by atoms with Crippen molar-refractivity contribution in [1.29, 1.82) is 5.26 Å². The average molecular weight is 361 g/mol. The predicted octanol–water partition coefficient (Wildman–Crippen LogP) is 2.87. The smallest absolute Gasteiger partial charge is 0.282 e. The van der Waals surface area contributed by atoms with E-state index in [9.17, 15) is 4.79 Å². The summed E-state index contributed by atoms with van der Waals surface area (Å²) in [5.41, 5.74) is 0.988. The summed E-state index contributed by atoms with van der Waals surface area (Å²) in [6, 6.07) is 12.6. The van der Waals surface area contributed by atoms with Crippen molar-refractivity contribution >= 4 is 34.5 Å². The maximum atomic E-state index is 12.6. The molecule has 1 aromatic carbocycles. The Hall–Kier alpha value is -2.13. The Labute approximate surface area is 151 Å². The van der Waals surface area contributed by atoms with Gasteiger partial charge >= 0.3 is 0 Å². The number of thiophene rings is 1. The fraction of sp³-hybridized carbons (Fsp3) is 0.222. The zero-order valence-electron chi connectivity index (χ0n) is 13.4. The monoisotopic (exact) mass is 360 g/mol. The number of anilines is 1. The third kappa shape index (κ3) is 4.68. The van der Waals surface area contributed by atoms with Gasteiger partial charge in [-0.3, -0.25) is 4.79 Å². The number of hydrogen-bond donors (Lipinski definition) is 2. The van der Waals surface area contributed by atoms with Crippen LogP contribution >= 0.6 is 22.9 Å². The van der Waals surface area contributed by atoms with Crippen LogP contribution in [0.3, 0.4) is 0 Å². The van der Waals surface area contributed by atoms with E-state index in [-0.39, 0.29) is 11.9 Å². The molecule has 1 heterocycles. The molecule has 1 aromatic heterocycles. The van der Waals surface area contributed by atoms with Crippen molar-refractivity contribution in [2.45, 2.75) is 19.5 Å². The maximum Gasteiger partial charge on any atom is 0.282 e. The molecule has 124 valence electrons. The molecule has 2 N–H and O–H groups in total. The Morgan fingerprint density at radius 3 is 2.83 bits per heavy atom. The Morgan fingerprint density at radius 1 is 1.46 bits per heavy atom. The zero-order valence-corrected chi connectivity index (χ0v) is 15.0. The lowest BCUT2D eigenvalue weighted by Gasteiger charge is -2.24. The summed E-state index contributed by atoms with van der Waals surface area (Å²) in [6.07, 6.45) is 1.80. The molecular weight excluding hydrogens is 342 g/mol. The lowest BCUT2D eigenvalue weighted by molar-refractivity contribution is -0.921. The number of rotatable bonds is 7. The van der Waals surface area contributed by atoms with Crippen LogP contribution in [-0.2, 0) is 11.3 Å². The second-order valence-corrected chi connectivity index (χ2v) is 7.20. The van der Waals surface area contributed by atoms with Gasteiger partial charge in [0.25, 0.3) is 5.91 Å². The van der Waals surface area contributed by atoms with Gasteiger partial charge in [0.15, 0.2) is 6.04 Å². The van der Waals surface area contributed by atoms with E-state index in [2.05, 4.69) is 18.0 Å². The van der Waals surface area contributed by atoms with Crippen LogP contribution in [0.5, 0.6) is 0 Å². The Bertz CT molecular complexity index is 766. The Morgan fingerprint density at radius 2 is 2.21 bits per heavy atom. The Balaban J connectivity index is 2.10. The molecule has 6 heteroatoms. The first-order valence-corrected chi connectivity index (χ1v) is 8.74. The number of nitrogens with zero attached hydrogens (tertiary/aromatic N) is 1. The van der Waals surface area contributed by atoms with Crippen LogP contribution in [-0.4, -0.2) is 18.5 Å². The summed E-state index contributed by atoms with van der Waals surface area (Å²) in [7, 11) is 0. The molecule has 1 amide bonds. The predicted molar refractivity (Wildman–Crippen MR) is 98.3 cm³/mol. The molecule has 0 saturated carbocycles. The first kappa shape index (κ1) is 18.2. The molecule has 0 radical (unpaired) electrons. The minimum Gasteiger partial charge on any atom is -0.320 e. The number of carbonyl (C=O) groups excluding carboxylic acids is 1. The van der Waals surface area contributed by atoms with Crippen LogP contribution in [0.15, 0.2) is 49.1 Å². The number of halogens is 1. The van der Waals surface area contributed by atoms with Crippen LogP contribution in [0.25, 0.3) is 0 Å². The van der Waals surface area contributed by atoms with Gasteiger partial charge in [-0.2, -0.15) is 5.26 Å². The van der Waals surface area contributed by atoms with Gasteiger partial charge in [0.05, 0.1) is 27.0 Å². The van der Waals surface area contributed by atoms with Crippen molar-refractivity contribution in [3.05, 3.63) is 63.8 Å².